The summed E-state index contributed by atoms with van der Waals surface area (Å²) in [6.07, 6.45) is 3.65. The number of aromatic nitrogens is 3. The lowest BCUT2D eigenvalue weighted by molar-refractivity contribution is 0.920. The summed E-state index contributed by atoms with van der Waals surface area (Å²) < 4.78 is 1.06. The number of halogens is 1. The molecule has 2 aromatic heterocycles. The molecule has 2 rings (SSSR count). The third-order valence-corrected chi connectivity index (χ3v) is 4.07. The molecule has 0 spiro atoms. The molecule has 0 unspecified atom stereocenters. The fourth-order valence-electron chi connectivity index (χ4n) is 1.48. The maximum absolute atomic E-state index is 4.55. The van der Waals surface area contributed by atoms with E-state index in [9.17, 15) is 0 Å². The smallest absolute Gasteiger partial charge is 0.143 e. The van der Waals surface area contributed by atoms with E-state index < -0.39 is 0 Å². The molecule has 96 valence electrons. The van der Waals surface area contributed by atoms with Gasteiger partial charge < -0.3 is 5.32 Å². The summed E-state index contributed by atoms with van der Waals surface area (Å²) in [4.78, 5) is 13.3. The Labute approximate surface area is 124 Å². The Morgan fingerprint density at radius 3 is 2.89 bits per heavy atom. The summed E-state index contributed by atoms with van der Waals surface area (Å²) in [7, 11) is 0. The summed E-state index contributed by atoms with van der Waals surface area (Å²) in [5.74, 6) is 1.75. The predicted molar refractivity (Wildman–Crippen MR) is 83.2 cm³/mol. The number of hydrogen-bond donors (Lipinski definition) is 1. The Hall–Kier alpha value is -0.760. The molecular formula is C12H15IN4S. The fraction of sp³-hybridized carbons (Fsp3) is 0.417. The van der Waals surface area contributed by atoms with E-state index in [1.54, 1.807) is 11.3 Å². The molecule has 2 heterocycles. The van der Waals surface area contributed by atoms with Gasteiger partial charge in [-0.1, -0.05) is 6.92 Å². The standard InChI is InChI=1S/C12H15IN4S/c1-3-4-14-12-9(13)6-15-10(17-12)5-11-16-8(2)7-18-11/h6-7H,3-5H2,1-2H3,(H,14,15,17). The Morgan fingerprint density at radius 1 is 1.39 bits per heavy atom. The van der Waals surface area contributed by atoms with Crippen molar-refractivity contribution in [2.75, 3.05) is 11.9 Å². The van der Waals surface area contributed by atoms with Gasteiger partial charge in [0.2, 0.25) is 0 Å². The first kappa shape index (κ1) is 13.7. The van der Waals surface area contributed by atoms with Gasteiger partial charge in [0.1, 0.15) is 16.6 Å². The van der Waals surface area contributed by atoms with Crippen LogP contribution >= 0.6 is 33.9 Å². The molecule has 2 aromatic rings. The normalized spacial score (nSPS) is 10.6. The molecule has 0 saturated carbocycles. The predicted octanol–water partition coefficient (Wildman–Crippen LogP) is 3.26. The molecule has 0 bridgehead atoms. The van der Waals surface area contributed by atoms with Crippen LogP contribution in [0.2, 0.25) is 0 Å². The van der Waals surface area contributed by atoms with Crippen molar-refractivity contribution in [3.05, 3.63) is 31.7 Å². The number of thiazole rings is 1. The van der Waals surface area contributed by atoms with Crippen molar-refractivity contribution >= 4 is 39.7 Å². The lowest BCUT2D eigenvalue weighted by atomic mass is 10.4. The second-order valence-corrected chi connectivity index (χ2v) is 6.07. The van der Waals surface area contributed by atoms with Gasteiger partial charge in [0.25, 0.3) is 0 Å². The van der Waals surface area contributed by atoms with Crippen LogP contribution in [-0.2, 0) is 6.42 Å². The van der Waals surface area contributed by atoms with Crippen LogP contribution in [0.5, 0.6) is 0 Å². The third-order valence-electron chi connectivity index (χ3n) is 2.31. The number of rotatable bonds is 5. The van der Waals surface area contributed by atoms with Gasteiger partial charge in [-0.3, -0.25) is 0 Å². The fourth-order valence-corrected chi connectivity index (χ4v) is 2.69. The lowest BCUT2D eigenvalue weighted by Gasteiger charge is -2.07. The second-order valence-electron chi connectivity index (χ2n) is 3.97. The number of anilines is 1. The first-order valence-electron chi connectivity index (χ1n) is 5.85. The zero-order valence-corrected chi connectivity index (χ0v) is 13.4. The summed E-state index contributed by atoms with van der Waals surface area (Å²) in [6, 6.07) is 0. The van der Waals surface area contributed by atoms with E-state index in [0.29, 0.717) is 6.42 Å². The topological polar surface area (TPSA) is 50.7 Å². The minimum atomic E-state index is 0.705. The maximum Gasteiger partial charge on any atom is 0.143 e. The van der Waals surface area contributed by atoms with Gasteiger partial charge in [-0.05, 0) is 35.9 Å². The van der Waals surface area contributed by atoms with Crippen molar-refractivity contribution in [1.82, 2.24) is 15.0 Å². The average Bonchev–Trinajstić information content (AvgIpc) is 2.75. The van der Waals surface area contributed by atoms with Crippen LogP contribution in [0.15, 0.2) is 11.6 Å². The molecule has 6 heteroatoms. The van der Waals surface area contributed by atoms with Crippen molar-refractivity contribution in [3.63, 3.8) is 0 Å². The van der Waals surface area contributed by atoms with Crippen molar-refractivity contribution in [1.29, 1.82) is 0 Å². The van der Waals surface area contributed by atoms with E-state index in [1.165, 1.54) is 0 Å². The summed E-state index contributed by atoms with van der Waals surface area (Å²) >= 11 is 3.91. The molecule has 0 radical (unpaired) electrons. The first-order valence-corrected chi connectivity index (χ1v) is 7.81. The van der Waals surface area contributed by atoms with Gasteiger partial charge in [0, 0.05) is 23.8 Å². The minimum Gasteiger partial charge on any atom is -0.369 e. The Morgan fingerprint density at radius 2 is 2.22 bits per heavy atom. The van der Waals surface area contributed by atoms with Gasteiger partial charge in [0.15, 0.2) is 0 Å². The van der Waals surface area contributed by atoms with Crippen LogP contribution in [-0.4, -0.2) is 21.5 Å². The van der Waals surface area contributed by atoms with E-state index in [-0.39, 0.29) is 0 Å². The lowest BCUT2D eigenvalue weighted by Crippen LogP contribution is -2.07. The third kappa shape index (κ3) is 3.61. The maximum atomic E-state index is 4.55. The highest BCUT2D eigenvalue weighted by atomic mass is 127. The molecule has 18 heavy (non-hydrogen) atoms. The number of nitrogens with zero attached hydrogens (tertiary/aromatic N) is 3. The highest BCUT2D eigenvalue weighted by Crippen LogP contribution is 2.17. The first-order chi connectivity index (χ1) is 8.69. The Bertz CT molecular complexity index is 527. The van der Waals surface area contributed by atoms with Crippen LogP contribution in [0.1, 0.15) is 29.9 Å². The number of hydrogen-bond acceptors (Lipinski definition) is 5. The highest BCUT2D eigenvalue weighted by molar-refractivity contribution is 14.1. The van der Waals surface area contributed by atoms with Gasteiger partial charge in [-0.15, -0.1) is 11.3 Å². The zero-order valence-electron chi connectivity index (χ0n) is 10.4. The molecule has 0 aromatic carbocycles. The average molecular weight is 374 g/mol. The van der Waals surface area contributed by atoms with Crippen molar-refractivity contribution in [3.8, 4) is 0 Å². The van der Waals surface area contributed by atoms with Gasteiger partial charge in [0.05, 0.1) is 9.99 Å². The molecule has 0 aliphatic heterocycles. The molecule has 0 aliphatic carbocycles. The largest absolute Gasteiger partial charge is 0.369 e. The molecule has 0 aliphatic rings. The van der Waals surface area contributed by atoms with Gasteiger partial charge in [-0.2, -0.15) is 0 Å². The molecule has 1 N–H and O–H groups in total. The van der Waals surface area contributed by atoms with E-state index in [2.05, 4.69) is 55.2 Å². The minimum absolute atomic E-state index is 0.705. The van der Waals surface area contributed by atoms with Crippen LogP contribution in [0.3, 0.4) is 0 Å². The molecule has 4 nitrogen and oxygen atoms in total. The van der Waals surface area contributed by atoms with Crippen molar-refractivity contribution in [2.24, 2.45) is 0 Å². The molecule has 0 atom stereocenters. The Kier molecular flexibility index (Phi) is 4.87. The van der Waals surface area contributed by atoms with E-state index in [4.69, 9.17) is 0 Å². The monoisotopic (exact) mass is 374 g/mol. The SMILES string of the molecule is CCCNc1nc(Cc2nc(C)cs2)ncc1I. The zero-order chi connectivity index (χ0) is 13.0. The van der Waals surface area contributed by atoms with Gasteiger partial charge >= 0.3 is 0 Å². The molecule has 0 fully saturated rings. The van der Waals surface area contributed by atoms with Crippen LogP contribution < -0.4 is 5.32 Å². The number of aryl methyl sites for hydroxylation is 1. The van der Waals surface area contributed by atoms with E-state index in [1.807, 2.05) is 13.1 Å². The van der Waals surface area contributed by atoms with Crippen LogP contribution in [0, 0.1) is 10.5 Å². The summed E-state index contributed by atoms with van der Waals surface area (Å²) in [5.41, 5.74) is 1.06. The van der Waals surface area contributed by atoms with Crippen LogP contribution in [0.4, 0.5) is 5.82 Å². The quantitative estimate of drug-likeness (QED) is 0.817. The molecule has 0 amide bonds. The molecule has 0 saturated heterocycles. The summed E-state index contributed by atoms with van der Waals surface area (Å²) in [6.45, 7) is 5.08. The second kappa shape index (κ2) is 6.42. The van der Waals surface area contributed by atoms with Crippen LogP contribution in [0.25, 0.3) is 0 Å². The Balaban J connectivity index is 2.13. The van der Waals surface area contributed by atoms with E-state index >= 15 is 0 Å². The van der Waals surface area contributed by atoms with Gasteiger partial charge in [-0.25, -0.2) is 15.0 Å². The van der Waals surface area contributed by atoms with Crippen molar-refractivity contribution < 1.29 is 0 Å². The van der Waals surface area contributed by atoms with E-state index in [0.717, 1.165) is 38.9 Å². The number of nitrogens with one attached hydrogen (secondary N) is 1. The highest BCUT2D eigenvalue weighted by Gasteiger charge is 2.07. The van der Waals surface area contributed by atoms with Crippen molar-refractivity contribution in [2.45, 2.75) is 26.7 Å². The molecular weight excluding hydrogens is 359 g/mol. The summed E-state index contributed by atoms with van der Waals surface area (Å²) in [5, 5.41) is 6.44.